The summed E-state index contributed by atoms with van der Waals surface area (Å²) in [5, 5.41) is 11.4. The summed E-state index contributed by atoms with van der Waals surface area (Å²) in [6, 6.07) is 27.4. The third-order valence-electron chi connectivity index (χ3n) is 6.88. The van der Waals surface area contributed by atoms with E-state index in [9.17, 15) is 22.8 Å². The third kappa shape index (κ3) is 7.05. The first-order chi connectivity index (χ1) is 19.6. The molecule has 1 amide bonds. The molecule has 4 aromatic carbocycles. The van der Waals surface area contributed by atoms with Gasteiger partial charge in [0.2, 0.25) is 0 Å². The van der Waals surface area contributed by atoms with Crippen molar-refractivity contribution >= 4 is 17.6 Å². The van der Waals surface area contributed by atoms with Crippen molar-refractivity contribution in [3.05, 3.63) is 119 Å². The van der Waals surface area contributed by atoms with Crippen LogP contribution in [0, 0.1) is 0 Å². The number of aliphatic carboxylic acids is 1. The van der Waals surface area contributed by atoms with E-state index in [1.54, 1.807) is 36.4 Å². The maximum atomic E-state index is 12.6. The molecule has 0 heterocycles. The highest BCUT2D eigenvalue weighted by atomic mass is 19.4. The highest BCUT2D eigenvalue weighted by molar-refractivity contribution is 5.94. The fourth-order valence-corrected chi connectivity index (χ4v) is 4.98. The number of amides is 1. The molecule has 0 bridgehead atoms. The van der Waals surface area contributed by atoms with Gasteiger partial charge in [0.1, 0.15) is 5.75 Å². The summed E-state index contributed by atoms with van der Waals surface area (Å²) in [5.74, 6) is -1.66. The summed E-state index contributed by atoms with van der Waals surface area (Å²) in [6.45, 7) is 0.945. The second-order valence-corrected chi connectivity index (χ2v) is 9.82. The number of carbonyl (C=O) groups excluding carboxylic acids is 1. The molecule has 0 spiro atoms. The molecule has 1 aliphatic carbocycles. The lowest BCUT2D eigenvalue weighted by atomic mass is 10.0. The Morgan fingerprint density at radius 2 is 1.49 bits per heavy atom. The Morgan fingerprint density at radius 3 is 2.20 bits per heavy atom. The van der Waals surface area contributed by atoms with E-state index in [0.29, 0.717) is 18.7 Å². The van der Waals surface area contributed by atoms with Crippen LogP contribution in [0.15, 0.2) is 91.0 Å². The normalized spacial score (nSPS) is 11.9. The highest BCUT2D eigenvalue weighted by Crippen LogP contribution is 2.37. The minimum absolute atomic E-state index is 0.0261. The Morgan fingerprint density at radius 1 is 0.829 bits per heavy atom. The number of carboxylic acids is 1. The SMILES string of the molecule is O=C(O)CCNC(=O)c1ccc(N(Cc2ccc(OC(F)(F)F)cc2)Cc2ccc3c(c2)Cc2ccccc2-3)cc1. The zero-order valence-electron chi connectivity index (χ0n) is 21.9. The molecule has 4 aromatic rings. The molecule has 0 saturated carbocycles. The van der Waals surface area contributed by atoms with Crippen LogP contribution in [0.2, 0.25) is 0 Å². The molecular formula is C32H27F3N2O4. The van der Waals surface area contributed by atoms with Crippen LogP contribution in [-0.4, -0.2) is 29.9 Å². The van der Waals surface area contributed by atoms with Gasteiger partial charge in [-0.1, -0.05) is 54.6 Å². The molecule has 0 unspecified atom stereocenters. The number of carbonyl (C=O) groups is 2. The number of hydrogen-bond donors (Lipinski definition) is 2. The molecule has 0 aromatic heterocycles. The number of halogens is 3. The molecule has 0 radical (unpaired) electrons. The van der Waals surface area contributed by atoms with E-state index < -0.39 is 12.3 Å². The van der Waals surface area contributed by atoms with Gasteiger partial charge in [-0.3, -0.25) is 9.59 Å². The van der Waals surface area contributed by atoms with Gasteiger partial charge in [0.05, 0.1) is 6.42 Å². The molecule has 210 valence electrons. The van der Waals surface area contributed by atoms with Gasteiger partial charge in [-0.25, -0.2) is 0 Å². The number of benzene rings is 4. The largest absolute Gasteiger partial charge is 0.573 e. The van der Waals surface area contributed by atoms with E-state index in [-0.39, 0.29) is 24.6 Å². The Hall–Kier alpha value is -4.79. The molecule has 0 aliphatic heterocycles. The van der Waals surface area contributed by atoms with Gasteiger partial charge in [0.15, 0.2) is 0 Å². The number of fused-ring (bicyclic) bond motifs is 3. The summed E-state index contributed by atoms with van der Waals surface area (Å²) in [5.41, 5.74) is 8.04. The fraction of sp³-hybridized carbons (Fsp3) is 0.188. The number of anilines is 1. The van der Waals surface area contributed by atoms with Gasteiger partial charge in [0, 0.05) is 30.9 Å². The molecule has 41 heavy (non-hydrogen) atoms. The summed E-state index contributed by atoms with van der Waals surface area (Å²) in [6.07, 6.45) is -4.08. The standard InChI is InChI=1S/C32H27F3N2O4/c33-32(34,35)41-27-12-5-21(6-13-27)19-37(26-10-8-23(9-11-26)31(40)36-16-15-30(38)39)20-22-7-14-29-25(17-22)18-24-3-1-2-4-28(24)29/h1-14,17H,15-16,18-20H2,(H,36,40)(H,38,39). The average Bonchev–Trinajstić information content (AvgIpc) is 3.30. The van der Waals surface area contributed by atoms with Crippen LogP contribution in [0.3, 0.4) is 0 Å². The molecule has 5 rings (SSSR count). The fourth-order valence-electron chi connectivity index (χ4n) is 4.98. The number of nitrogens with one attached hydrogen (secondary N) is 1. The van der Waals surface area contributed by atoms with Crippen molar-refractivity contribution in [1.29, 1.82) is 0 Å². The van der Waals surface area contributed by atoms with Crippen LogP contribution in [0.1, 0.15) is 39.0 Å². The smallest absolute Gasteiger partial charge is 0.481 e. The van der Waals surface area contributed by atoms with Gasteiger partial charge in [-0.2, -0.15) is 0 Å². The highest BCUT2D eigenvalue weighted by Gasteiger charge is 2.31. The zero-order valence-corrected chi connectivity index (χ0v) is 21.9. The van der Waals surface area contributed by atoms with Crippen molar-refractivity contribution in [2.45, 2.75) is 32.3 Å². The van der Waals surface area contributed by atoms with Crippen LogP contribution in [0.4, 0.5) is 18.9 Å². The van der Waals surface area contributed by atoms with Gasteiger partial charge < -0.3 is 20.1 Å². The molecule has 6 nitrogen and oxygen atoms in total. The van der Waals surface area contributed by atoms with E-state index in [1.165, 1.54) is 34.4 Å². The third-order valence-corrected chi connectivity index (χ3v) is 6.88. The van der Waals surface area contributed by atoms with Gasteiger partial charge in [-0.15, -0.1) is 13.2 Å². The van der Waals surface area contributed by atoms with Crippen LogP contribution in [-0.2, 0) is 24.3 Å². The van der Waals surface area contributed by atoms with Crippen molar-refractivity contribution < 1.29 is 32.6 Å². The summed E-state index contributed by atoms with van der Waals surface area (Å²) in [4.78, 5) is 25.2. The molecule has 1 aliphatic rings. The first kappa shape index (κ1) is 27.8. The Balaban J connectivity index is 1.37. The summed E-state index contributed by atoms with van der Waals surface area (Å²) < 4.78 is 41.8. The maximum absolute atomic E-state index is 12.6. The monoisotopic (exact) mass is 560 g/mol. The topological polar surface area (TPSA) is 78.9 Å². The molecular weight excluding hydrogens is 533 g/mol. The molecule has 0 fully saturated rings. The Labute approximate surface area is 235 Å². The van der Waals surface area contributed by atoms with Crippen LogP contribution < -0.4 is 15.0 Å². The van der Waals surface area contributed by atoms with Crippen molar-refractivity contribution in [2.24, 2.45) is 0 Å². The van der Waals surface area contributed by atoms with Gasteiger partial charge in [0.25, 0.3) is 5.91 Å². The lowest BCUT2D eigenvalue weighted by Crippen LogP contribution is -2.26. The van der Waals surface area contributed by atoms with Crippen molar-refractivity contribution in [3.63, 3.8) is 0 Å². The maximum Gasteiger partial charge on any atom is 0.573 e. The molecule has 0 saturated heterocycles. The number of nitrogens with zero attached hydrogens (tertiary/aromatic N) is 1. The summed E-state index contributed by atoms with van der Waals surface area (Å²) >= 11 is 0. The molecule has 9 heteroatoms. The quantitative estimate of drug-likeness (QED) is 0.202. The minimum Gasteiger partial charge on any atom is -0.481 e. The lowest BCUT2D eigenvalue weighted by Gasteiger charge is -2.26. The van der Waals surface area contributed by atoms with Crippen molar-refractivity contribution in [3.8, 4) is 16.9 Å². The van der Waals surface area contributed by atoms with E-state index in [0.717, 1.165) is 23.2 Å². The second kappa shape index (κ2) is 11.8. The van der Waals surface area contributed by atoms with Gasteiger partial charge >= 0.3 is 12.3 Å². The number of carboxylic acid groups (broad SMARTS) is 1. The first-order valence-electron chi connectivity index (χ1n) is 13.0. The second-order valence-electron chi connectivity index (χ2n) is 9.82. The number of rotatable bonds is 10. The van der Waals surface area contributed by atoms with Crippen LogP contribution in [0.25, 0.3) is 11.1 Å². The molecule has 0 atom stereocenters. The van der Waals surface area contributed by atoms with Crippen LogP contribution in [0.5, 0.6) is 5.75 Å². The summed E-state index contributed by atoms with van der Waals surface area (Å²) in [7, 11) is 0. The number of alkyl halides is 3. The predicted octanol–water partition coefficient (Wildman–Crippen LogP) is 6.57. The van der Waals surface area contributed by atoms with Gasteiger partial charge in [-0.05, 0) is 76.2 Å². The van der Waals surface area contributed by atoms with E-state index in [1.807, 2.05) is 12.1 Å². The number of hydrogen-bond acceptors (Lipinski definition) is 4. The molecule has 2 N–H and O–H groups in total. The Kier molecular flexibility index (Phi) is 7.96. The number of ether oxygens (including phenoxy) is 1. The van der Waals surface area contributed by atoms with Crippen LogP contribution >= 0.6 is 0 Å². The van der Waals surface area contributed by atoms with E-state index in [2.05, 4.69) is 45.3 Å². The van der Waals surface area contributed by atoms with E-state index >= 15 is 0 Å². The van der Waals surface area contributed by atoms with E-state index in [4.69, 9.17) is 5.11 Å². The van der Waals surface area contributed by atoms with Crippen molar-refractivity contribution in [2.75, 3.05) is 11.4 Å². The van der Waals surface area contributed by atoms with Crippen molar-refractivity contribution in [1.82, 2.24) is 5.32 Å². The lowest BCUT2D eigenvalue weighted by molar-refractivity contribution is -0.274. The Bertz CT molecular complexity index is 1550. The predicted molar refractivity (Wildman–Crippen MR) is 149 cm³/mol. The average molecular weight is 561 g/mol. The zero-order chi connectivity index (χ0) is 29.0. The minimum atomic E-state index is -4.76. The first-order valence-corrected chi connectivity index (χ1v) is 13.0.